The molecule has 2 amide bonds. The maximum atomic E-state index is 12.6. The summed E-state index contributed by atoms with van der Waals surface area (Å²) in [6.07, 6.45) is 0. The first kappa shape index (κ1) is 27.2. The van der Waals surface area contributed by atoms with E-state index in [1.165, 1.54) is 0 Å². The molecule has 0 aliphatic rings. The number of carbonyl (C=O) groups excluding carboxylic acids is 2. The van der Waals surface area contributed by atoms with Crippen molar-refractivity contribution in [2.75, 3.05) is 10.6 Å². The number of rotatable bonds is 8. The number of hydrogen-bond donors (Lipinski definition) is 2. The van der Waals surface area contributed by atoms with Gasteiger partial charge in [-0.2, -0.15) is 0 Å². The largest absolute Gasteiger partial charge is 0.322 e. The molecule has 0 fully saturated rings. The molecule has 0 unspecified atom stereocenters. The van der Waals surface area contributed by atoms with Crippen molar-refractivity contribution < 1.29 is 9.59 Å². The van der Waals surface area contributed by atoms with E-state index >= 15 is 0 Å². The monoisotopic (exact) mass is 567 g/mol. The maximum Gasteiger partial charge on any atom is 0.257 e. The van der Waals surface area contributed by atoms with Crippen LogP contribution in [0.5, 0.6) is 0 Å². The summed E-state index contributed by atoms with van der Waals surface area (Å²) in [6, 6.07) is 29.6. The Morgan fingerprint density at radius 3 is 2.10 bits per heavy atom. The number of nitrogens with one attached hydrogen (secondary N) is 2. The van der Waals surface area contributed by atoms with Gasteiger partial charge in [0.2, 0.25) is 0 Å². The number of aryl methyl sites for hydroxylation is 1. The van der Waals surface area contributed by atoms with Crippen molar-refractivity contribution in [3.05, 3.63) is 124 Å². The van der Waals surface area contributed by atoms with Gasteiger partial charge in [-0.15, -0.1) is 10.2 Å². The van der Waals surface area contributed by atoms with Gasteiger partial charge in [0.25, 0.3) is 11.8 Å². The van der Waals surface area contributed by atoms with Crippen molar-refractivity contribution in [3.8, 4) is 11.4 Å². The minimum absolute atomic E-state index is 0.143. The number of halogens is 1. The van der Waals surface area contributed by atoms with Gasteiger partial charge >= 0.3 is 0 Å². The van der Waals surface area contributed by atoms with Crippen LogP contribution in [0.1, 0.15) is 31.8 Å². The van der Waals surface area contributed by atoms with Gasteiger partial charge in [-0.05, 0) is 73.2 Å². The first-order valence-corrected chi connectivity index (χ1v) is 13.9. The lowest BCUT2D eigenvalue weighted by atomic mass is 10.1. The van der Waals surface area contributed by atoms with Crippen LogP contribution in [0.25, 0.3) is 11.4 Å². The molecule has 5 aromatic rings. The van der Waals surface area contributed by atoms with Gasteiger partial charge in [0.15, 0.2) is 11.0 Å². The summed E-state index contributed by atoms with van der Waals surface area (Å²) >= 11 is 7.69. The lowest BCUT2D eigenvalue weighted by Crippen LogP contribution is -2.12. The maximum absolute atomic E-state index is 12.6. The zero-order valence-electron chi connectivity index (χ0n) is 21.9. The summed E-state index contributed by atoms with van der Waals surface area (Å²) in [5.41, 5.74) is 5.53. The van der Waals surface area contributed by atoms with Crippen LogP contribution >= 0.6 is 23.4 Å². The van der Waals surface area contributed by atoms with Gasteiger partial charge in [-0.3, -0.25) is 9.59 Å². The molecule has 0 saturated carbocycles. The van der Waals surface area contributed by atoms with E-state index in [1.807, 2.05) is 91.3 Å². The van der Waals surface area contributed by atoms with Gasteiger partial charge < -0.3 is 15.2 Å². The molecule has 0 radical (unpaired) electrons. The molecule has 0 aliphatic heterocycles. The Balaban J connectivity index is 1.18. The third-order valence-corrected chi connectivity index (χ3v) is 7.67. The fraction of sp³-hybridized carbons (Fsp3) is 0.0968. The zero-order chi connectivity index (χ0) is 28.1. The summed E-state index contributed by atoms with van der Waals surface area (Å²) in [6.45, 7) is 2.01. The number of thioether (sulfide) groups is 1. The Morgan fingerprint density at radius 2 is 1.43 bits per heavy atom. The van der Waals surface area contributed by atoms with Crippen LogP contribution in [-0.4, -0.2) is 26.6 Å². The van der Waals surface area contributed by atoms with Crippen molar-refractivity contribution in [3.63, 3.8) is 0 Å². The highest BCUT2D eigenvalue weighted by Crippen LogP contribution is 2.27. The quantitative estimate of drug-likeness (QED) is 0.193. The first-order chi connectivity index (χ1) is 19.4. The highest BCUT2D eigenvalue weighted by Gasteiger charge is 2.14. The van der Waals surface area contributed by atoms with Gasteiger partial charge in [0.1, 0.15) is 0 Å². The fourth-order valence-electron chi connectivity index (χ4n) is 3.98. The number of aromatic nitrogens is 3. The van der Waals surface area contributed by atoms with Crippen molar-refractivity contribution in [1.29, 1.82) is 0 Å². The number of benzene rings is 4. The van der Waals surface area contributed by atoms with E-state index in [-0.39, 0.29) is 11.8 Å². The highest BCUT2D eigenvalue weighted by atomic mass is 35.5. The Labute approximate surface area is 241 Å². The predicted molar refractivity (Wildman–Crippen MR) is 161 cm³/mol. The van der Waals surface area contributed by atoms with Crippen LogP contribution in [0.3, 0.4) is 0 Å². The summed E-state index contributed by atoms with van der Waals surface area (Å²) in [5, 5.41) is 15.7. The smallest absolute Gasteiger partial charge is 0.257 e. The van der Waals surface area contributed by atoms with Crippen LogP contribution in [0.4, 0.5) is 11.4 Å². The molecule has 1 heterocycles. The molecule has 4 aromatic carbocycles. The lowest BCUT2D eigenvalue weighted by molar-refractivity contribution is 0.101. The second kappa shape index (κ2) is 12.2. The Bertz CT molecular complexity index is 1650. The third-order valence-electron chi connectivity index (χ3n) is 6.25. The molecule has 9 heteroatoms. The molecule has 40 heavy (non-hydrogen) atoms. The van der Waals surface area contributed by atoms with Crippen molar-refractivity contribution in [2.24, 2.45) is 7.05 Å². The summed E-state index contributed by atoms with van der Waals surface area (Å²) < 4.78 is 1.94. The third kappa shape index (κ3) is 6.42. The molecule has 0 bridgehead atoms. The molecule has 2 N–H and O–H groups in total. The Morgan fingerprint density at radius 1 is 0.800 bits per heavy atom. The number of carbonyl (C=O) groups is 2. The van der Waals surface area contributed by atoms with Gasteiger partial charge in [-0.25, -0.2) is 0 Å². The topological polar surface area (TPSA) is 88.9 Å². The molecule has 5 rings (SSSR count). The van der Waals surface area contributed by atoms with E-state index in [2.05, 4.69) is 20.8 Å². The van der Waals surface area contributed by atoms with E-state index in [9.17, 15) is 9.59 Å². The summed E-state index contributed by atoms with van der Waals surface area (Å²) in [4.78, 5) is 25.1. The van der Waals surface area contributed by atoms with E-state index in [1.54, 1.807) is 36.0 Å². The average Bonchev–Trinajstić information content (AvgIpc) is 3.34. The lowest BCUT2D eigenvalue weighted by Gasteiger charge is -2.08. The van der Waals surface area contributed by atoms with E-state index in [4.69, 9.17) is 11.6 Å². The molecule has 0 saturated heterocycles. The summed E-state index contributed by atoms with van der Waals surface area (Å²) in [5.74, 6) is 0.986. The molecule has 0 atom stereocenters. The standard InChI is InChI=1S/C31H26ClN5O2S/c1-20-7-15-24(16-8-20)33-29(38)23-11-9-21(10-12-23)19-40-31-36-35-28(37(31)2)22-13-17-25(18-14-22)34-30(39)26-5-3-4-6-27(26)32/h3-18H,19H2,1-2H3,(H,33,38)(H,34,39). The minimum atomic E-state index is -0.268. The van der Waals surface area contributed by atoms with Crippen molar-refractivity contribution >= 4 is 46.6 Å². The fourth-order valence-corrected chi connectivity index (χ4v) is 5.07. The van der Waals surface area contributed by atoms with Crippen molar-refractivity contribution in [1.82, 2.24) is 14.8 Å². The van der Waals surface area contributed by atoms with E-state index < -0.39 is 0 Å². The number of anilines is 2. The zero-order valence-corrected chi connectivity index (χ0v) is 23.5. The van der Waals surface area contributed by atoms with Crippen LogP contribution in [0, 0.1) is 6.92 Å². The molecular formula is C31H26ClN5O2S. The SMILES string of the molecule is Cc1ccc(NC(=O)c2ccc(CSc3nnc(-c4ccc(NC(=O)c5ccccc5Cl)cc4)n3C)cc2)cc1. The highest BCUT2D eigenvalue weighted by molar-refractivity contribution is 7.98. The van der Waals surface area contributed by atoms with E-state index in [0.29, 0.717) is 27.6 Å². The molecular weight excluding hydrogens is 542 g/mol. The van der Waals surface area contributed by atoms with Gasteiger partial charge in [0, 0.05) is 35.3 Å². The van der Waals surface area contributed by atoms with Crippen LogP contribution < -0.4 is 10.6 Å². The summed E-state index contributed by atoms with van der Waals surface area (Å²) in [7, 11) is 1.92. The molecule has 7 nitrogen and oxygen atoms in total. The van der Waals surface area contributed by atoms with Gasteiger partial charge in [0.05, 0.1) is 10.6 Å². The second-order valence-electron chi connectivity index (χ2n) is 9.18. The predicted octanol–water partition coefficient (Wildman–Crippen LogP) is 7.24. The van der Waals surface area contributed by atoms with Crippen LogP contribution in [-0.2, 0) is 12.8 Å². The van der Waals surface area contributed by atoms with Crippen LogP contribution in [0.15, 0.2) is 102 Å². The molecule has 0 aliphatic carbocycles. The first-order valence-electron chi connectivity index (χ1n) is 12.5. The van der Waals surface area contributed by atoms with Gasteiger partial charge in [-0.1, -0.05) is 65.3 Å². The number of amides is 2. The second-order valence-corrected chi connectivity index (χ2v) is 10.5. The average molecular weight is 568 g/mol. The molecule has 1 aromatic heterocycles. The Hall–Kier alpha value is -4.40. The Kier molecular flexibility index (Phi) is 8.28. The van der Waals surface area contributed by atoms with Crippen LogP contribution in [0.2, 0.25) is 5.02 Å². The van der Waals surface area contributed by atoms with Crippen molar-refractivity contribution in [2.45, 2.75) is 17.8 Å². The number of hydrogen-bond acceptors (Lipinski definition) is 5. The number of nitrogens with zero attached hydrogens (tertiary/aromatic N) is 3. The molecule has 200 valence electrons. The van der Waals surface area contributed by atoms with E-state index in [0.717, 1.165) is 33.4 Å². The molecule has 0 spiro atoms. The normalized spacial score (nSPS) is 10.8. The minimum Gasteiger partial charge on any atom is -0.322 e.